The summed E-state index contributed by atoms with van der Waals surface area (Å²) < 4.78 is 0. The van der Waals surface area contributed by atoms with Gasteiger partial charge in [0.1, 0.15) is 0 Å². The molecular formula is H24Sb4Zr3. The molecule has 0 radical (unpaired) electrons. The summed E-state index contributed by atoms with van der Waals surface area (Å²) in [5.41, 5.74) is 0. The second-order valence-corrected chi connectivity index (χ2v) is 0. The summed E-state index contributed by atoms with van der Waals surface area (Å²) in [5, 5.41) is 0. The molecule has 0 aliphatic carbocycles. The fourth-order valence-electron chi connectivity index (χ4n) is 0. The van der Waals surface area contributed by atoms with Gasteiger partial charge < -0.3 is 0 Å². The predicted molar refractivity (Wildman–Crippen MR) is 56.5 cm³/mol. The summed E-state index contributed by atoms with van der Waals surface area (Å²) in [5.74, 6) is 0. The summed E-state index contributed by atoms with van der Waals surface area (Å²) in [6.07, 6.45) is 0. The minimum absolute atomic E-state index is 0. The Balaban J connectivity index is 0. The van der Waals surface area contributed by atoms with Gasteiger partial charge in [0, 0.05) is 0 Å². The van der Waals surface area contributed by atoms with Crippen molar-refractivity contribution in [3.63, 3.8) is 0 Å². The molecule has 0 amide bonds. The van der Waals surface area contributed by atoms with Crippen LogP contribution in [0.1, 0.15) is 0 Å². The van der Waals surface area contributed by atoms with Crippen molar-refractivity contribution in [3.05, 3.63) is 0 Å². The molecule has 0 nitrogen and oxygen atoms in total. The van der Waals surface area contributed by atoms with E-state index in [0.29, 0.717) is 0 Å². The number of hydrogen-bond donors (Lipinski definition) is 0. The van der Waals surface area contributed by atoms with Crippen LogP contribution in [0, 0.1) is 0 Å². The van der Waals surface area contributed by atoms with E-state index in [0.717, 1.165) is 0 Å². The summed E-state index contributed by atoms with van der Waals surface area (Å²) in [4.78, 5) is 0. The maximum absolute atomic E-state index is 0. The Morgan fingerprint density at radius 3 is 0.286 bits per heavy atom. The molecule has 0 rings (SSSR count). The van der Waals surface area contributed by atoms with Gasteiger partial charge in [-0.25, -0.2) is 0 Å². The average Bonchev–Trinajstić information content (AvgIpc) is 0. The van der Waals surface area contributed by atoms with Crippen LogP contribution in [0.15, 0.2) is 0 Å². The van der Waals surface area contributed by atoms with Crippen molar-refractivity contribution in [3.8, 4) is 0 Å². The van der Waals surface area contributed by atoms with Crippen molar-refractivity contribution < 1.29 is 78.6 Å². The van der Waals surface area contributed by atoms with Crippen molar-refractivity contribution in [2.45, 2.75) is 0 Å². The van der Waals surface area contributed by atoms with Gasteiger partial charge in [-0.3, -0.25) is 0 Å². The number of hydrogen-bond acceptors (Lipinski definition) is 0. The fraction of sp³-hybridized carbons (Fsp3) is 0. The van der Waals surface area contributed by atoms with E-state index in [9.17, 15) is 0 Å². The molecule has 56 valence electrons. The molecule has 0 spiro atoms. The molecule has 0 aliphatic rings. The second-order valence-electron chi connectivity index (χ2n) is 0. The normalized spacial score (nSPS) is 0. The molecule has 0 saturated heterocycles. The number of rotatable bonds is 0. The molecule has 0 aromatic carbocycles. The molecule has 0 heterocycles. The standard InChI is InChI=1S/4Sb.3Zr.24H/q4*-3;3*+4;;;;;;;;;;;;;;;;;;;;;;;;. The molecule has 0 bridgehead atoms. The third-order valence-corrected chi connectivity index (χ3v) is 0. The SMILES string of the molecule is [SbH6-3].[SbH6-3].[SbH6-3].[SbH6-3].[Zr+4].[Zr+4].[Zr+4]. The van der Waals surface area contributed by atoms with Crippen LogP contribution >= 0.6 is 0 Å². The molecule has 0 aromatic rings. The molecule has 0 atom stereocenters. The second kappa shape index (κ2) is 40.6. The Kier molecular flexibility index (Phi) is 303. The Labute approximate surface area is 171 Å². The van der Waals surface area contributed by atoms with Gasteiger partial charge in [-0.2, -0.15) is 0 Å². The minimum Gasteiger partial charge on any atom is 4.00 e. The Bertz CT molecular complexity index is 6.90. The van der Waals surface area contributed by atoms with Crippen LogP contribution in [0.3, 0.4) is 0 Å². The quantitative estimate of drug-likeness (QED) is 0.215. The summed E-state index contributed by atoms with van der Waals surface area (Å²) in [6.45, 7) is 0. The van der Waals surface area contributed by atoms with Gasteiger partial charge in [0.05, 0.1) is 0 Å². The first-order valence-corrected chi connectivity index (χ1v) is 0. The zero-order valence-corrected chi connectivity index (χ0v) is 8.87. The third kappa shape index (κ3) is 33.5. The molecule has 7 heavy (non-hydrogen) atoms. The third-order valence-electron chi connectivity index (χ3n) is 0. The van der Waals surface area contributed by atoms with Crippen LogP contribution in [0.5, 0.6) is 0 Å². The molecule has 0 aromatic heterocycles. The molecule has 7 heteroatoms. The topological polar surface area (TPSA) is 0 Å². The first kappa shape index (κ1) is 52.4. The van der Waals surface area contributed by atoms with Gasteiger partial charge in [0.2, 0.25) is 0 Å². The average molecular weight is 785 g/mol. The fourth-order valence-corrected chi connectivity index (χ4v) is 0. The van der Waals surface area contributed by atoms with Gasteiger partial charge in [0.25, 0.3) is 0 Å². The van der Waals surface area contributed by atoms with Crippen molar-refractivity contribution >= 4 is 97.7 Å². The Hall–Kier alpha value is 5.92. The first-order chi connectivity index (χ1) is 0. The molecule has 0 fully saturated rings. The van der Waals surface area contributed by atoms with Gasteiger partial charge in [-0.05, 0) is 0 Å². The van der Waals surface area contributed by atoms with Crippen molar-refractivity contribution in [2.24, 2.45) is 0 Å². The van der Waals surface area contributed by atoms with Crippen LogP contribution in [0.25, 0.3) is 0 Å². The zero-order valence-electron chi connectivity index (χ0n) is 1.50. The van der Waals surface area contributed by atoms with E-state index in [1.165, 1.54) is 0 Å². The van der Waals surface area contributed by atoms with E-state index in [2.05, 4.69) is 0 Å². The Morgan fingerprint density at radius 2 is 0.286 bits per heavy atom. The minimum atomic E-state index is 0. The van der Waals surface area contributed by atoms with E-state index in [1.807, 2.05) is 0 Å². The van der Waals surface area contributed by atoms with E-state index < -0.39 is 0 Å². The van der Waals surface area contributed by atoms with Crippen LogP contribution in [0.4, 0.5) is 0 Å². The molecule has 0 saturated carbocycles. The molecule has 0 unspecified atom stereocenters. The van der Waals surface area contributed by atoms with Gasteiger partial charge in [0.15, 0.2) is 0 Å². The smallest absolute Gasteiger partial charge is 4.00 e. The molecular weight excluding hydrogens is 761 g/mol. The van der Waals surface area contributed by atoms with E-state index in [1.54, 1.807) is 0 Å². The monoisotopic (exact) mass is 778 g/mol. The van der Waals surface area contributed by atoms with Gasteiger partial charge >= 0.3 is 176 Å². The van der Waals surface area contributed by atoms with Crippen molar-refractivity contribution in [1.29, 1.82) is 0 Å². The summed E-state index contributed by atoms with van der Waals surface area (Å²) in [7, 11) is 0. The maximum Gasteiger partial charge on any atom is 4.00 e. The van der Waals surface area contributed by atoms with E-state index >= 15 is 0 Å². The van der Waals surface area contributed by atoms with Crippen LogP contribution in [-0.4, -0.2) is 97.7 Å². The largest absolute Gasteiger partial charge is 4.00 e. The van der Waals surface area contributed by atoms with Crippen molar-refractivity contribution in [1.82, 2.24) is 0 Å². The van der Waals surface area contributed by atoms with Gasteiger partial charge in [-0.1, -0.05) is 0 Å². The Morgan fingerprint density at radius 1 is 0.286 bits per heavy atom. The first-order valence-electron chi connectivity index (χ1n) is 0. The summed E-state index contributed by atoms with van der Waals surface area (Å²) in [6, 6.07) is 0. The van der Waals surface area contributed by atoms with Crippen LogP contribution in [-0.2, 0) is 78.6 Å². The molecule has 0 aliphatic heterocycles. The van der Waals surface area contributed by atoms with Crippen LogP contribution in [0.2, 0.25) is 0 Å². The molecule has 0 N–H and O–H groups in total. The van der Waals surface area contributed by atoms with Crippen molar-refractivity contribution in [2.75, 3.05) is 0 Å². The van der Waals surface area contributed by atoms with Gasteiger partial charge in [-0.15, -0.1) is 0 Å². The summed E-state index contributed by atoms with van der Waals surface area (Å²) >= 11 is 0. The maximum atomic E-state index is 0. The zero-order chi connectivity index (χ0) is 0. The van der Waals surface area contributed by atoms with E-state index in [-0.39, 0.29) is 176 Å². The van der Waals surface area contributed by atoms with Crippen LogP contribution < -0.4 is 0 Å². The predicted octanol–water partition coefficient (Wildman–Crippen LogP) is -7.96. The van der Waals surface area contributed by atoms with E-state index in [4.69, 9.17) is 0 Å².